The van der Waals surface area contributed by atoms with E-state index < -0.39 is 0 Å². The van der Waals surface area contributed by atoms with E-state index in [0.717, 1.165) is 19.3 Å². The van der Waals surface area contributed by atoms with Crippen LogP contribution in [0.3, 0.4) is 0 Å². The smallest absolute Gasteiger partial charge is 0.306 e. The quantitative estimate of drug-likeness (QED) is 0.670. The van der Waals surface area contributed by atoms with E-state index in [-0.39, 0.29) is 18.5 Å². The number of nitriles is 1. The first-order valence-corrected chi connectivity index (χ1v) is 6.86. The summed E-state index contributed by atoms with van der Waals surface area (Å²) in [6.45, 7) is 2.04. The molecule has 0 amide bonds. The fraction of sp³-hybridized carbons (Fsp3) is 0.500. The highest BCUT2D eigenvalue weighted by Gasteiger charge is 2.14. The Bertz CT molecular complexity index is 409. The predicted molar refractivity (Wildman–Crippen MR) is 74.4 cm³/mol. The number of rotatable bonds is 8. The minimum absolute atomic E-state index is 0.185. The number of nitrogens with zero attached hydrogens (tertiary/aromatic N) is 1. The lowest BCUT2D eigenvalue weighted by Gasteiger charge is -2.15. The Kier molecular flexibility index (Phi) is 7.34. The van der Waals surface area contributed by atoms with Crippen LogP contribution in [0.1, 0.15) is 44.6 Å². The molecule has 1 aromatic rings. The molecule has 0 heterocycles. The van der Waals surface area contributed by atoms with Crippen molar-refractivity contribution in [2.24, 2.45) is 0 Å². The highest BCUT2D eigenvalue weighted by atomic mass is 16.5. The molecule has 0 aromatic heterocycles. The Morgan fingerprint density at radius 1 is 1.37 bits per heavy atom. The van der Waals surface area contributed by atoms with Crippen LogP contribution in [-0.2, 0) is 16.0 Å². The van der Waals surface area contributed by atoms with Gasteiger partial charge >= 0.3 is 5.97 Å². The molecule has 1 rings (SSSR count). The SMILES string of the molecule is CCCCC(=O)O[C@@H](CC#N)CCc1ccccc1. The van der Waals surface area contributed by atoms with Gasteiger partial charge < -0.3 is 4.74 Å². The Hall–Kier alpha value is -1.82. The maximum absolute atomic E-state index is 11.6. The number of benzene rings is 1. The molecule has 0 bridgehead atoms. The third-order valence-electron chi connectivity index (χ3n) is 2.95. The summed E-state index contributed by atoms with van der Waals surface area (Å²) >= 11 is 0. The molecule has 0 aliphatic heterocycles. The van der Waals surface area contributed by atoms with Crippen LogP contribution in [0.2, 0.25) is 0 Å². The Labute approximate surface area is 115 Å². The van der Waals surface area contributed by atoms with Crippen LogP contribution < -0.4 is 0 Å². The molecule has 0 saturated carbocycles. The number of hydrogen-bond donors (Lipinski definition) is 0. The zero-order valence-corrected chi connectivity index (χ0v) is 11.5. The van der Waals surface area contributed by atoms with Gasteiger partial charge in [0.25, 0.3) is 0 Å². The predicted octanol–water partition coefficient (Wildman–Crippen LogP) is 3.63. The van der Waals surface area contributed by atoms with Crippen molar-refractivity contribution in [1.29, 1.82) is 5.26 Å². The molecule has 3 heteroatoms. The molecule has 102 valence electrons. The average molecular weight is 259 g/mol. The number of ether oxygens (including phenoxy) is 1. The Balaban J connectivity index is 2.40. The Morgan fingerprint density at radius 2 is 2.11 bits per heavy atom. The lowest BCUT2D eigenvalue weighted by Crippen LogP contribution is -2.18. The van der Waals surface area contributed by atoms with E-state index in [1.165, 1.54) is 5.56 Å². The van der Waals surface area contributed by atoms with E-state index in [2.05, 4.69) is 6.07 Å². The van der Waals surface area contributed by atoms with E-state index in [0.29, 0.717) is 12.8 Å². The zero-order valence-electron chi connectivity index (χ0n) is 11.5. The zero-order chi connectivity index (χ0) is 13.9. The minimum Gasteiger partial charge on any atom is -0.461 e. The molecule has 0 unspecified atom stereocenters. The van der Waals surface area contributed by atoms with Gasteiger partial charge in [0, 0.05) is 6.42 Å². The lowest BCUT2D eigenvalue weighted by atomic mass is 10.1. The van der Waals surface area contributed by atoms with Crippen LogP contribution in [0.15, 0.2) is 30.3 Å². The molecule has 0 N–H and O–H groups in total. The number of esters is 1. The van der Waals surface area contributed by atoms with Crippen LogP contribution in [0.5, 0.6) is 0 Å². The standard InChI is InChI=1S/C16H21NO2/c1-2-3-9-16(18)19-15(12-13-17)11-10-14-7-5-4-6-8-14/h4-8,15H,2-3,9-12H2,1H3/t15-/m1/s1. The molecule has 0 spiro atoms. The van der Waals surface area contributed by atoms with E-state index in [4.69, 9.17) is 10.00 Å². The van der Waals surface area contributed by atoms with Crippen molar-refractivity contribution < 1.29 is 9.53 Å². The minimum atomic E-state index is -0.283. The number of aryl methyl sites for hydroxylation is 1. The molecule has 19 heavy (non-hydrogen) atoms. The summed E-state index contributed by atoms with van der Waals surface area (Å²) in [5.74, 6) is -0.185. The number of unbranched alkanes of at least 4 members (excludes halogenated alkanes) is 1. The van der Waals surface area contributed by atoms with Crippen LogP contribution in [0.4, 0.5) is 0 Å². The van der Waals surface area contributed by atoms with Crippen molar-refractivity contribution in [1.82, 2.24) is 0 Å². The normalized spacial score (nSPS) is 11.6. The van der Waals surface area contributed by atoms with Crippen LogP contribution in [0.25, 0.3) is 0 Å². The summed E-state index contributed by atoms with van der Waals surface area (Å²) in [6.07, 6.45) is 3.78. The Morgan fingerprint density at radius 3 is 2.74 bits per heavy atom. The van der Waals surface area contributed by atoms with Gasteiger partial charge in [0.15, 0.2) is 0 Å². The van der Waals surface area contributed by atoms with Crippen LogP contribution in [0, 0.1) is 11.3 Å². The molecule has 0 saturated heterocycles. The second kappa shape index (κ2) is 9.16. The van der Waals surface area contributed by atoms with Gasteiger partial charge in [-0.25, -0.2) is 0 Å². The van der Waals surface area contributed by atoms with Crippen molar-refractivity contribution in [3.05, 3.63) is 35.9 Å². The first kappa shape index (κ1) is 15.2. The van der Waals surface area contributed by atoms with Crippen LogP contribution in [-0.4, -0.2) is 12.1 Å². The van der Waals surface area contributed by atoms with Gasteiger partial charge in [0.05, 0.1) is 12.5 Å². The fourth-order valence-corrected chi connectivity index (χ4v) is 1.84. The van der Waals surface area contributed by atoms with Gasteiger partial charge in [-0.3, -0.25) is 4.79 Å². The molecule has 0 radical (unpaired) electrons. The number of hydrogen-bond acceptors (Lipinski definition) is 3. The van der Waals surface area contributed by atoms with Gasteiger partial charge in [-0.2, -0.15) is 5.26 Å². The largest absolute Gasteiger partial charge is 0.461 e. The molecule has 1 aromatic carbocycles. The monoisotopic (exact) mass is 259 g/mol. The van der Waals surface area contributed by atoms with E-state index in [1.807, 2.05) is 37.3 Å². The van der Waals surface area contributed by atoms with Gasteiger partial charge in [0.1, 0.15) is 6.10 Å². The van der Waals surface area contributed by atoms with Gasteiger partial charge in [-0.05, 0) is 24.8 Å². The maximum Gasteiger partial charge on any atom is 0.306 e. The van der Waals surface area contributed by atoms with Crippen molar-refractivity contribution in [2.45, 2.75) is 51.6 Å². The summed E-state index contributed by atoms with van der Waals surface area (Å²) < 4.78 is 5.35. The van der Waals surface area contributed by atoms with E-state index in [9.17, 15) is 4.79 Å². The number of carbonyl (C=O) groups is 1. The molecule has 3 nitrogen and oxygen atoms in total. The van der Waals surface area contributed by atoms with Crippen LogP contribution >= 0.6 is 0 Å². The van der Waals surface area contributed by atoms with Gasteiger partial charge in [-0.1, -0.05) is 43.7 Å². The second-order valence-electron chi connectivity index (χ2n) is 4.60. The van der Waals surface area contributed by atoms with Crippen molar-refractivity contribution in [3.63, 3.8) is 0 Å². The summed E-state index contributed by atoms with van der Waals surface area (Å²) in [5, 5.41) is 8.78. The molecular formula is C16H21NO2. The third kappa shape index (κ3) is 6.61. The van der Waals surface area contributed by atoms with Crippen molar-refractivity contribution >= 4 is 5.97 Å². The lowest BCUT2D eigenvalue weighted by molar-refractivity contribution is -0.149. The number of carbonyl (C=O) groups excluding carboxylic acids is 1. The van der Waals surface area contributed by atoms with Gasteiger partial charge in [-0.15, -0.1) is 0 Å². The molecule has 0 aliphatic carbocycles. The molecular weight excluding hydrogens is 238 g/mol. The summed E-state index contributed by atoms with van der Waals surface area (Å²) in [4.78, 5) is 11.6. The molecule has 0 fully saturated rings. The fourth-order valence-electron chi connectivity index (χ4n) is 1.84. The first-order valence-electron chi connectivity index (χ1n) is 6.86. The average Bonchev–Trinajstić information content (AvgIpc) is 2.44. The van der Waals surface area contributed by atoms with Crippen molar-refractivity contribution in [2.75, 3.05) is 0 Å². The summed E-state index contributed by atoms with van der Waals surface area (Å²) in [5.41, 5.74) is 1.20. The molecule has 1 atom stereocenters. The molecule has 0 aliphatic rings. The highest BCUT2D eigenvalue weighted by Crippen LogP contribution is 2.11. The van der Waals surface area contributed by atoms with Crippen molar-refractivity contribution in [3.8, 4) is 6.07 Å². The summed E-state index contributed by atoms with van der Waals surface area (Å²) in [6, 6.07) is 12.1. The maximum atomic E-state index is 11.6. The first-order chi connectivity index (χ1) is 9.26. The van der Waals surface area contributed by atoms with Gasteiger partial charge in [0.2, 0.25) is 0 Å². The van der Waals surface area contributed by atoms with E-state index >= 15 is 0 Å². The highest BCUT2D eigenvalue weighted by molar-refractivity contribution is 5.69. The third-order valence-corrected chi connectivity index (χ3v) is 2.95. The topological polar surface area (TPSA) is 50.1 Å². The second-order valence-corrected chi connectivity index (χ2v) is 4.60. The summed E-state index contributed by atoms with van der Waals surface area (Å²) in [7, 11) is 0. The van der Waals surface area contributed by atoms with E-state index in [1.54, 1.807) is 0 Å².